The summed E-state index contributed by atoms with van der Waals surface area (Å²) >= 11 is 3.55. The fourth-order valence-corrected chi connectivity index (χ4v) is 10.2. The monoisotopic (exact) mass is 550 g/mol. The Morgan fingerprint density at radius 2 is 1.31 bits per heavy atom. The third-order valence-corrected chi connectivity index (χ3v) is 13.0. The summed E-state index contributed by atoms with van der Waals surface area (Å²) in [6.45, 7) is 15.5. The normalized spacial score (nSPS) is 16.8. The molecule has 4 rings (SSSR count). The molecule has 0 saturated carbocycles. The first-order valence-electron chi connectivity index (χ1n) is 12.8. The smallest absolute Gasteiger partial charge is 0.261 e. The van der Waals surface area contributed by atoms with Gasteiger partial charge in [-0.2, -0.15) is 0 Å². The van der Waals surface area contributed by atoms with Crippen molar-refractivity contribution in [3.63, 3.8) is 0 Å². The van der Waals surface area contributed by atoms with Gasteiger partial charge in [0.1, 0.15) is 0 Å². The average Bonchev–Trinajstić information content (AvgIpc) is 2.87. The number of piperazine rings is 1. The van der Waals surface area contributed by atoms with Crippen molar-refractivity contribution in [3.05, 3.63) is 95.0 Å². The second-order valence-electron chi connectivity index (χ2n) is 10.6. The molecule has 0 N–H and O–H groups in total. The van der Waals surface area contributed by atoms with Crippen LogP contribution in [-0.4, -0.2) is 57.4 Å². The molecule has 3 aromatic rings. The zero-order valence-electron chi connectivity index (χ0n) is 21.6. The van der Waals surface area contributed by atoms with Gasteiger partial charge in [0.2, 0.25) is 0 Å². The summed E-state index contributed by atoms with van der Waals surface area (Å²) in [4.78, 5) is 5.17. The standard InChI is InChI=1S/C30H39BrN2OSi/c1-25(26-15-17-27(31)18-16-26)33-21-19-32(20-22-33)23-24-34-35(30(2,3)4,28-11-7-5-8-12-28)29-13-9-6-10-14-29/h5-18,25H,19-24H2,1-4H3/t25-/m0/s1. The van der Waals surface area contributed by atoms with Crippen molar-refractivity contribution in [2.24, 2.45) is 0 Å². The Hall–Kier alpha value is -1.76. The Morgan fingerprint density at radius 1 is 0.800 bits per heavy atom. The van der Waals surface area contributed by atoms with E-state index in [1.165, 1.54) is 15.9 Å². The lowest BCUT2D eigenvalue weighted by Crippen LogP contribution is -2.67. The number of halogens is 1. The Balaban J connectivity index is 1.42. The predicted octanol–water partition coefficient (Wildman–Crippen LogP) is 5.70. The van der Waals surface area contributed by atoms with E-state index in [2.05, 4.69) is 138 Å². The summed E-state index contributed by atoms with van der Waals surface area (Å²) in [5, 5.41) is 2.73. The molecule has 35 heavy (non-hydrogen) atoms. The lowest BCUT2D eigenvalue weighted by Gasteiger charge is -2.44. The van der Waals surface area contributed by atoms with Crippen LogP contribution in [0.25, 0.3) is 0 Å². The zero-order chi connectivity index (χ0) is 24.9. The van der Waals surface area contributed by atoms with Crippen molar-refractivity contribution in [2.75, 3.05) is 39.3 Å². The first-order chi connectivity index (χ1) is 16.8. The van der Waals surface area contributed by atoms with Gasteiger partial charge in [-0.3, -0.25) is 9.80 Å². The Kier molecular flexibility index (Phi) is 8.66. The van der Waals surface area contributed by atoms with Crippen LogP contribution in [0.15, 0.2) is 89.4 Å². The van der Waals surface area contributed by atoms with E-state index in [1.807, 2.05) is 0 Å². The van der Waals surface area contributed by atoms with Crippen molar-refractivity contribution >= 4 is 34.6 Å². The first kappa shape index (κ1) is 26.3. The van der Waals surface area contributed by atoms with Crippen LogP contribution < -0.4 is 10.4 Å². The fourth-order valence-electron chi connectivity index (χ4n) is 5.42. The maximum Gasteiger partial charge on any atom is 0.261 e. The van der Waals surface area contributed by atoms with Crippen molar-refractivity contribution < 1.29 is 4.43 Å². The molecule has 0 spiro atoms. The second kappa shape index (κ2) is 11.5. The number of rotatable bonds is 8. The summed E-state index contributed by atoms with van der Waals surface area (Å²) < 4.78 is 8.24. The van der Waals surface area contributed by atoms with E-state index in [4.69, 9.17) is 4.43 Å². The van der Waals surface area contributed by atoms with E-state index in [9.17, 15) is 0 Å². The van der Waals surface area contributed by atoms with Crippen LogP contribution >= 0.6 is 15.9 Å². The minimum atomic E-state index is -2.45. The summed E-state index contributed by atoms with van der Waals surface area (Å²) in [5.41, 5.74) is 1.39. The molecule has 1 fully saturated rings. The van der Waals surface area contributed by atoms with Gasteiger partial charge >= 0.3 is 0 Å². The molecule has 0 aliphatic carbocycles. The first-order valence-corrected chi connectivity index (χ1v) is 15.5. The molecule has 0 amide bonds. The highest BCUT2D eigenvalue weighted by atomic mass is 79.9. The van der Waals surface area contributed by atoms with E-state index in [1.54, 1.807) is 0 Å². The second-order valence-corrected chi connectivity index (χ2v) is 15.8. The molecular formula is C30H39BrN2OSi. The predicted molar refractivity (Wildman–Crippen MR) is 154 cm³/mol. The molecule has 0 radical (unpaired) electrons. The van der Waals surface area contributed by atoms with E-state index in [0.717, 1.165) is 43.8 Å². The molecule has 0 unspecified atom stereocenters. The van der Waals surface area contributed by atoms with Crippen LogP contribution in [0.2, 0.25) is 5.04 Å². The number of hydrogen-bond donors (Lipinski definition) is 0. The van der Waals surface area contributed by atoms with Gasteiger partial charge < -0.3 is 4.43 Å². The number of hydrogen-bond acceptors (Lipinski definition) is 3. The van der Waals surface area contributed by atoms with Gasteiger partial charge in [-0.25, -0.2) is 0 Å². The quantitative estimate of drug-likeness (QED) is 0.334. The van der Waals surface area contributed by atoms with Crippen molar-refractivity contribution in [1.82, 2.24) is 9.80 Å². The van der Waals surface area contributed by atoms with Crippen LogP contribution in [0.5, 0.6) is 0 Å². The van der Waals surface area contributed by atoms with Crippen LogP contribution in [0, 0.1) is 0 Å². The maximum absolute atomic E-state index is 7.10. The largest absolute Gasteiger partial charge is 0.406 e. The molecule has 186 valence electrons. The zero-order valence-corrected chi connectivity index (χ0v) is 24.2. The molecule has 1 heterocycles. The van der Waals surface area contributed by atoms with Crippen LogP contribution in [0.4, 0.5) is 0 Å². The molecule has 1 aliphatic rings. The van der Waals surface area contributed by atoms with E-state index in [0.29, 0.717) is 6.04 Å². The molecular weight excluding hydrogens is 512 g/mol. The van der Waals surface area contributed by atoms with E-state index in [-0.39, 0.29) is 5.04 Å². The highest BCUT2D eigenvalue weighted by Gasteiger charge is 2.50. The van der Waals surface area contributed by atoms with E-state index < -0.39 is 8.32 Å². The van der Waals surface area contributed by atoms with Gasteiger partial charge in [0.05, 0.1) is 0 Å². The summed E-state index contributed by atoms with van der Waals surface area (Å²) in [5.74, 6) is 0. The average molecular weight is 552 g/mol. The van der Waals surface area contributed by atoms with Gasteiger partial charge in [-0.1, -0.05) is 109 Å². The summed E-state index contributed by atoms with van der Waals surface area (Å²) in [6.07, 6.45) is 0. The Morgan fingerprint density at radius 3 is 1.80 bits per heavy atom. The minimum absolute atomic E-state index is 0.0223. The lowest BCUT2D eigenvalue weighted by atomic mass is 10.1. The third-order valence-electron chi connectivity index (χ3n) is 7.45. The maximum atomic E-state index is 7.10. The van der Waals surface area contributed by atoms with Crippen LogP contribution in [0.1, 0.15) is 39.3 Å². The highest BCUT2D eigenvalue weighted by molar-refractivity contribution is 9.10. The summed E-state index contributed by atoms with van der Waals surface area (Å²) in [6, 6.07) is 31.1. The topological polar surface area (TPSA) is 15.7 Å². The van der Waals surface area contributed by atoms with Gasteiger partial charge in [-0.15, -0.1) is 0 Å². The molecule has 0 aromatic heterocycles. The molecule has 0 bridgehead atoms. The number of nitrogens with zero attached hydrogens (tertiary/aromatic N) is 2. The molecule has 1 atom stereocenters. The number of benzene rings is 3. The molecule has 3 nitrogen and oxygen atoms in total. The van der Waals surface area contributed by atoms with E-state index >= 15 is 0 Å². The van der Waals surface area contributed by atoms with Gasteiger partial charge in [-0.05, 0) is 40.0 Å². The molecule has 1 saturated heterocycles. The Labute approximate surface area is 221 Å². The van der Waals surface area contributed by atoms with Gasteiger partial charge in [0.15, 0.2) is 0 Å². The summed E-state index contributed by atoms with van der Waals surface area (Å²) in [7, 11) is -2.45. The van der Waals surface area contributed by atoms with Crippen molar-refractivity contribution in [1.29, 1.82) is 0 Å². The Bertz CT molecular complexity index is 1010. The molecule has 1 aliphatic heterocycles. The van der Waals surface area contributed by atoms with Gasteiger partial charge in [0.25, 0.3) is 8.32 Å². The fraction of sp³-hybridized carbons (Fsp3) is 0.400. The van der Waals surface area contributed by atoms with Gasteiger partial charge in [0, 0.05) is 49.8 Å². The molecule has 3 aromatic carbocycles. The van der Waals surface area contributed by atoms with Crippen molar-refractivity contribution in [2.45, 2.75) is 38.8 Å². The van der Waals surface area contributed by atoms with Crippen molar-refractivity contribution in [3.8, 4) is 0 Å². The van der Waals surface area contributed by atoms with Crippen LogP contribution in [0.3, 0.4) is 0 Å². The lowest BCUT2D eigenvalue weighted by molar-refractivity contribution is 0.0906. The van der Waals surface area contributed by atoms with Crippen LogP contribution in [-0.2, 0) is 4.43 Å². The SMILES string of the molecule is C[C@@H](c1ccc(Br)cc1)N1CCN(CCO[Si](c2ccccc2)(c2ccccc2)C(C)(C)C)CC1. The third kappa shape index (κ3) is 5.97. The molecule has 5 heteroatoms. The minimum Gasteiger partial charge on any atom is -0.406 e. The highest BCUT2D eigenvalue weighted by Crippen LogP contribution is 2.36.